The molecule has 2 heterocycles. The Bertz CT molecular complexity index is 1470. The maximum absolute atomic E-state index is 13.5. The Morgan fingerprint density at radius 1 is 1.15 bits per heavy atom. The van der Waals surface area contributed by atoms with E-state index < -0.39 is 23.7 Å². The molecule has 1 saturated heterocycles. The summed E-state index contributed by atoms with van der Waals surface area (Å²) in [6, 6.07) is 11.5. The molecule has 1 aliphatic heterocycles. The first-order chi connectivity index (χ1) is 18.7. The van der Waals surface area contributed by atoms with Gasteiger partial charge in [0.05, 0.1) is 23.9 Å². The fourth-order valence-electron chi connectivity index (χ4n) is 4.29. The molecule has 1 aliphatic rings. The van der Waals surface area contributed by atoms with E-state index in [2.05, 4.69) is 11.6 Å². The van der Waals surface area contributed by atoms with Crippen molar-refractivity contribution in [3.8, 4) is 5.75 Å². The summed E-state index contributed by atoms with van der Waals surface area (Å²) >= 11 is 0.956. The van der Waals surface area contributed by atoms with Crippen LogP contribution >= 0.6 is 11.3 Å². The molecule has 2 aromatic carbocycles. The van der Waals surface area contributed by atoms with Crippen molar-refractivity contribution in [3.63, 3.8) is 0 Å². The lowest BCUT2D eigenvalue weighted by molar-refractivity contribution is -0.132. The van der Waals surface area contributed by atoms with E-state index in [9.17, 15) is 19.5 Å². The Labute approximate surface area is 231 Å². The van der Waals surface area contributed by atoms with Gasteiger partial charge in [0.25, 0.3) is 5.78 Å². The molecule has 1 aromatic heterocycles. The van der Waals surface area contributed by atoms with Crippen molar-refractivity contribution in [2.45, 2.75) is 40.2 Å². The predicted molar refractivity (Wildman–Crippen MR) is 150 cm³/mol. The molecule has 0 saturated carbocycles. The second-order valence-electron chi connectivity index (χ2n) is 9.21. The van der Waals surface area contributed by atoms with Gasteiger partial charge in [0, 0.05) is 5.56 Å². The van der Waals surface area contributed by atoms with Crippen LogP contribution in [0.3, 0.4) is 0 Å². The van der Waals surface area contributed by atoms with Crippen LogP contribution in [-0.4, -0.2) is 41.0 Å². The molecule has 1 fully saturated rings. The number of carbonyl (C=O) groups excluding carboxylic acids is 3. The third kappa shape index (κ3) is 5.49. The fourth-order valence-corrected chi connectivity index (χ4v) is 5.28. The van der Waals surface area contributed by atoms with Crippen molar-refractivity contribution in [3.05, 3.63) is 93.5 Å². The molecule has 0 spiro atoms. The molecule has 0 radical (unpaired) electrons. The Hall–Kier alpha value is -4.24. The van der Waals surface area contributed by atoms with Gasteiger partial charge in [-0.3, -0.25) is 14.5 Å². The molecule has 202 valence electrons. The van der Waals surface area contributed by atoms with E-state index in [0.717, 1.165) is 28.9 Å². The van der Waals surface area contributed by atoms with Crippen LogP contribution in [-0.2, 0) is 14.3 Å². The molecule has 39 heavy (non-hydrogen) atoms. The number of thiazole rings is 1. The highest BCUT2D eigenvalue weighted by molar-refractivity contribution is 7.17. The highest BCUT2D eigenvalue weighted by atomic mass is 32.1. The number of esters is 1. The van der Waals surface area contributed by atoms with E-state index in [1.165, 1.54) is 11.0 Å². The van der Waals surface area contributed by atoms with Crippen LogP contribution < -0.4 is 9.64 Å². The summed E-state index contributed by atoms with van der Waals surface area (Å²) in [6.07, 6.45) is 2.31. The molecule has 8 nitrogen and oxygen atoms in total. The van der Waals surface area contributed by atoms with E-state index in [1.807, 2.05) is 32.9 Å². The van der Waals surface area contributed by atoms with Crippen LogP contribution in [0, 0.1) is 20.8 Å². The molecule has 0 bridgehead atoms. The highest BCUT2D eigenvalue weighted by Gasteiger charge is 2.48. The van der Waals surface area contributed by atoms with Crippen molar-refractivity contribution in [1.82, 2.24) is 4.98 Å². The molecule has 1 atom stereocenters. The lowest BCUT2D eigenvalue weighted by Crippen LogP contribution is -2.29. The van der Waals surface area contributed by atoms with Crippen LogP contribution in [0.1, 0.15) is 57.0 Å². The zero-order chi connectivity index (χ0) is 28.3. The molecule has 3 aromatic rings. The second kappa shape index (κ2) is 11.7. The van der Waals surface area contributed by atoms with Gasteiger partial charge in [-0.15, -0.1) is 0 Å². The van der Waals surface area contributed by atoms with Crippen LogP contribution in [0.5, 0.6) is 5.75 Å². The van der Waals surface area contributed by atoms with Gasteiger partial charge in [-0.25, -0.2) is 9.78 Å². The number of amides is 1. The average Bonchev–Trinajstić information content (AvgIpc) is 3.43. The summed E-state index contributed by atoms with van der Waals surface area (Å²) in [6.45, 7) is 11.5. The normalized spacial score (nSPS) is 16.4. The van der Waals surface area contributed by atoms with Crippen molar-refractivity contribution >= 4 is 39.9 Å². The lowest BCUT2D eigenvalue weighted by Gasteiger charge is -2.23. The van der Waals surface area contributed by atoms with E-state index in [1.54, 1.807) is 37.3 Å². The SMILES string of the molecule is C=CCOC(=O)c1sc(N2C(=O)C(=O)C(=C(O)c3ccc(OCCC)c(C)c3)[C@H]2c2ccc(C)cc2)nc1C. The number of ketones is 1. The number of aryl methyl sites for hydroxylation is 3. The van der Waals surface area contributed by atoms with E-state index in [4.69, 9.17) is 9.47 Å². The van der Waals surface area contributed by atoms with Gasteiger partial charge in [0.2, 0.25) is 0 Å². The number of aliphatic hydroxyl groups is 1. The molecule has 0 aliphatic carbocycles. The first-order valence-corrected chi connectivity index (χ1v) is 13.4. The number of anilines is 1. The zero-order valence-corrected chi connectivity index (χ0v) is 23.1. The third-order valence-corrected chi connectivity index (χ3v) is 7.39. The molecular formula is C30H30N2O6S. The van der Waals surface area contributed by atoms with Gasteiger partial charge in [0.1, 0.15) is 23.0 Å². The smallest absolute Gasteiger partial charge is 0.350 e. The van der Waals surface area contributed by atoms with Gasteiger partial charge >= 0.3 is 11.9 Å². The van der Waals surface area contributed by atoms with Crippen LogP contribution in [0.15, 0.2) is 60.7 Å². The van der Waals surface area contributed by atoms with Crippen molar-refractivity contribution < 1.29 is 29.0 Å². The van der Waals surface area contributed by atoms with Crippen LogP contribution in [0.25, 0.3) is 5.76 Å². The van der Waals surface area contributed by atoms with Gasteiger partial charge in [0.15, 0.2) is 5.13 Å². The van der Waals surface area contributed by atoms with Crippen LogP contribution in [0.4, 0.5) is 5.13 Å². The monoisotopic (exact) mass is 546 g/mol. The van der Waals surface area contributed by atoms with Gasteiger partial charge < -0.3 is 14.6 Å². The summed E-state index contributed by atoms with van der Waals surface area (Å²) in [5, 5.41) is 11.6. The number of aliphatic hydroxyl groups excluding tert-OH is 1. The minimum absolute atomic E-state index is 0.0288. The third-order valence-electron chi connectivity index (χ3n) is 6.26. The average molecular weight is 547 g/mol. The molecule has 1 amide bonds. The lowest BCUT2D eigenvalue weighted by atomic mass is 9.94. The summed E-state index contributed by atoms with van der Waals surface area (Å²) in [4.78, 5) is 45.4. The largest absolute Gasteiger partial charge is 0.507 e. The Balaban J connectivity index is 1.85. The highest BCUT2D eigenvalue weighted by Crippen LogP contribution is 2.44. The van der Waals surface area contributed by atoms with Crippen LogP contribution in [0.2, 0.25) is 0 Å². The summed E-state index contributed by atoms with van der Waals surface area (Å²) < 4.78 is 10.9. The fraction of sp³-hybridized carbons (Fsp3) is 0.267. The summed E-state index contributed by atoms with van der Waals surface area (Å²) in [7, 11) is 0. The number of hydrogen-bond acceptors (Lipinski definition) is 8. The minimum atomic E-state index is -0.954. The van der Waals surface area contributed by atoms with E-state index >= 15 is 0 Å². The Morgan fingerprint density at radius 3 is 2.51 bits per heavy atom. The first kappa shape index (κ1) is 27.8. The number of benzene rings is 2. The molecule has 0 unspecified atom stereocenters. The van der Waals surface area contributed by atoms with E-state index in [-0.39, 0.29) is 27.9 Å². The minimum Gasteiger partial charge on any atom is -0.507 e. The standard InChI is InChI=1S/C30H30N2O6S/c1-6-14-37-22-13-12-21(16-18(22)4)25(33)23-24(20-10-8-17(3)9-11-20)32(28(35)26(23)34)30-31-19(5)27(39-30)29(36)38-15-7-2/h7-13,16,24,33H,2,6,14-15H2,1,3-5H3/t24-/m1/s1. The van der Waals surface area contributed by atoms with Gasteiger partial charge in [-0.1, -0.05) is 60.7 Å². The van der Waals surface area contributed by atoms with Crippen molar-refractivity contribution in [2.24, 2.45) is 0 Å². The van der Waals surface area contributed by atoms with E-state index in [0.29, 0.717) is 29.2 Å². The number of rotatable bonds is 9. The molecule has 1 N–H and O–H groups in total. The molecule has 9 heteroatoms. The Morgan fingerprint density at radius 2 is 1.87 bits per heavy atom. The van der Waals surface area contributed by atoms with Crippen molar-refractivity contribution in [1.29, 1.82) is 0 Å². The number of hydrogen-bond donors (Lipinski definition) is 1. The predicted octanol–water partition coefficient (Wildman–Crippen LogP) is 5.83. The van der Waals surface area contributed by atoms with Crippen molar-refractivity contribution in [2.75, 3.05) is 18.1 Å². The zero-order valence-electron chi connectivity index (χ0n) is 22.3. The number of aromatic nitrogens is 1. The molecule has 4 rings (SSSR count). The number of Topliss-reactive ketones (excluding diaryl/α,β-unsaturated/α-hetero) is 1. The second-order valence-corrected chi connectivity index (χ2v) is 10.2. The molecular weight excluding hydrogens is 516 g/mol. The topological polar surface area (TPSA) is 106 Å². The van der Waals surface area contributed by atoms with Gasteiger partial charge in [-0.05, 0) is 56.5 Å². The Kier molecular flexibility index (Phi) is 8.30. The quantitative estimate of drug-likeness (QED) is 0.118. The number of ether oxygens (including phenoxy) is 2. The summed E-state index contributed by atoms with van der Waals surface area (Å²) in [5.74, 6) is -1.91. The maximum atomic E-state index is 13.5. The maximum Gasteiger partial charge on any atom is 0.350 e. The number of nitrogens with zero attached hydrogens (tertiary/aromatic N) is 2. The number of carbonyl (C=O) groups is 3. The summed E-state index contributed by atoms with van der Waals surface area (Å²) in [5.41, 5.74) is 3.08. The first-order valence-electron chi connectivity index (χ1n) is 12.5. The van der Waals surface area contributed by atoms with Gasteiger partial charge in [-0.2, -0.15) is 0 Å².